The van der Waals surface area contributed by atoms with Gasteiger partial charge in [0.05, 0.1) is 29.2 Å². The second-order valence-electron chi connectivity index (χ2n) is 4.12. The number of rotatable bonds is 6. The van der Waals surface area contributed by atoms with Crippen LogP contribution in [0.5, 0.6) is 0 Å². The van der Waals surface area contributed by atoms with Crippen LogP contribution in [0.15, 0.2) is 30.7 Å². The first-order chi connectivity index (χ1) is 10.5. The van der Waals surface area contributed by atoms with Crippen molar-refractivity contribution in [2.75, 3.05) is 5.32 Å². The average Bonchev–Trinajstić information content (AvgIpc) is 2.91. The summed E-state index contributed by atoms with van der Waals surface area (Å²) in [6, 6.07) is 3.32. The van der Waals surface area contributed by atoms with E-state index in [1.807, 2.05) is 0 Å². The molecule has 0 aliphatic carbocycles. The predicted octanol–water partition coefficient (Wildman–Crippen LogP) is 1.62. The van der Waals surface area contributed by atoms with Gasteiger partial charge in [-0.05, 0) is 12.1 Å². The van der Waals surface area contributed by atoms with E-state index in [2.05, 4.69) is 20.3 Å². The maximum atomic E-state index is 11.2. The molecule has 0 saturated heterocycles. The van der Waals surface area contributed by atoms with Crippen LogP contribution < -0.4 is 5.32 Å². The molecule has 2 heterocycles. The molecule has 0 atom stereocenters. The van der Waals surface area contributed by atoms with E-state index in [1.165, 1.54) is 6.33 Å². The molecule has 0 spiro atoms. The van der Waals surface area contributed by atoms with Crippen LogP contribution in [0.4, 0.5) is 5.82 Å². The van der Waals surface area contributed by atoms with Gasteiger partial charge in [0.1, 0.15) is 11.5 Å². The number of halogens is 1. The zero-order valence-corrected chi connectivity index (χ0v) is 11.8. The van der Waals surface area contributed by atoms with E-state index in [4.69, 9.17) is 21.8 Å². The number of imidazole rings is 1. The number of nitrogens with one attached hydrogen (secondary N) is 2. The number of hydrogen-bond acceptors (Lipinski definition) is 5. The molecule has 2 aromatic rings. The Labute approximate surface area is 129 Å². The summed E-state index contributed by atoms with van der Waals surface area (Å²) in [6.45, 7) is 0.149. The van der Waals surface area contributed by atoms with Gasteiger partial charge >= 0.3 is 11.9 Å². The molecule has 0 bridgehead atoms. The van der Waals surface area contributed by atoms with Crippen LogP contribution >= 0.6 is 11.6 Å². The van der Waals surface area contributed by atoms with Gasteiger partial charge in [-0.1, -0.05) is 11.6 Å². The quantitative estimate of drug-likeness (QED) is 0.595. The largest absolute Gasteiger partial charge is 0.478 e. The average molecular weight is 323 g/mol. The van der Waals surface area contributed by atoms with E-state index in [0.717, 1.165) is 0 Å². The number of nitrogens with zero attached hydrogens (tertiary/aromatic N) is 2. The number of aliphatic carboxylic acids is 2. The summed E-state index contributed by atoms with van der Waals surface area (Å²) < 4.78 is 0. The molecule has 8 nitrogen and oxygen atoms in total. The van der Waals surface area contributed by atoms with Crippen LogP contribution in [-0.4, -0.2) is 37.1 Å². The van der Waals surface area contributed by atoms with Crippen LogP contribution in [0, 0.1) is 0 Å². The molecular formula is C13H11ClN4O4. The predicted molar refractivity (Wildman–Crippen MR) is 78.4 cm³/mol. The van der Waals surface area contributed by atoms with Gasteiger partial charge in [0, 0.05) is 12.3 Å². The Morgan fingerprint density at radius 1 is 1.36 bits per heavy atom. The van der Waals surface area contributed by atoms with Gasteiger partial charge in [-0.2, -0.15) is 0 Å². The van der Waals surface area contributed by atoms with E-state index < -0.39 is 17.5 Å². The summed E-state index contributed by atoms with van der Waals surface area (Å²) in [6.07, 6.45) is 3.43. The topological polar surface area (TPSA) is 128 Å². The fraction of sp³-hybridized carbons (Fsp3) is 0.0769. The Bertz CT molecular complexity index is 741. The van der Waals surface area contributed by atoms with Crippen molar-refractivity contribution in [1.29, 1.82) is 0 Å². The smallest absolute Gasteiger partial charge is 0.338 e. The Balaban J connectivity index is 2.24. The van der Waals surface area contributed by atoms with Gasteiger partial charge in [0.15, 0.2) is 0 Å². The number of carbonyl (C=O) groups is 2. The first-order valence-corrected chi connectivity index (χ1v) is 6.41. The van der Waals surface area contributed by atoms with Crippen molar-refractivity contribution in [2.24, 2.45) is 0 Å². The minimum atomic E-state index is -1.38. The number of aromatic nitrogens is 3. The normalized spacial score (nSPS) is 11.2. The molecule has 0 amide bonds. The summed E-state index contributed by atoms with van der Waals surface area (Å²) >= 11 is 5.95. The molecule has 114 valence electrons. The summed E-state index contributed by atoms with van der Waals surface area (Å²) in [5.41, 5.74) is 0.0174. The highest BCUT2D eigenvalue weighted by Crippen LogP contribution is 2.20. The van der Waals surface area contributed by atoms with Crippen molar-refractivity contribution in [1.82, 2.24) is 15.0 Å². The Morgan fingerprint density at radius 2 is 2.14 bits per heavy atom. The highest BCUT2D eigenvalue weighted by Gasteiger charge is 2.19. The number of anilines is 1. The van der Waals surface area contributed by atoms with Gasteiger partial charge in [-0.25, -0.2) is 19.6 Å². The second-order valence-corrected chi connectivity index (χ2v) is 4.53. The lowest BCUT2D eigenvalue weighted by Gasteiger charge is -2.07. The van der Waals surface area contributed by atoms with Gasteiger partial charge < -0.3 is 20.5 Å². The number of aromatic amines is 1. The van der Waals surface area contributed by atoms with Crippen molar-refractivity contribution in [3.8, 4) is 0 Å². The third kappa shape index (κ3) is 3.61. The van der Waals surface area contributed by atoms with Gasteiger partial charge in [0.2, 0.25) is 0 Å². The monoisotopic (exact) mass is 322 g/mol. The molecular weight excluding hydrogens is 312 g/mol. The number of H-pyrrole nitrogens is 1. The van der Waals surface area contributed by atoms with Gasteiger partial charge in [0.25, 0.3) is 0 Å². The molecule has 0 fully saturated rings. The maximum absolute atomic E-state index is 11.2. The Hall–Kier alpha value is -2.87. The zero-order valence-electron chi connectivity index (χ0n) is 11.1. The number of carboxylic acids is 2. The van der Waals surface area contributed by atoms with Crippen LogP contribution in [0.2, 0.25) is 5.02 Å². The third-order valence-corrected chi connectivity index (χ3v) is 2.97. The van der Waals surface area contributed by atoms with Crippen molar-refractivity contribution in [2.45, 2.75) is 6.54 Å². The zero-order chi connectivity index (χ0) is 16.1. The number of pyridine rings is 1. The van der Waals surface area contributed by atoms with Crippen molar-refractivity contribution in [3.63, 3.8) is 0 Å². The summed E-state index contributed by atoms with van der Waals surface area (Å²) in [7, 11) is 0. The van der Waals surface area contributed by atoms with E-state index in [0.29, 0.717) is 22.6 Å². The number of carboxylic acid groups (broad SMARTS) is 2. The van der Waals surface area contributed by atoms with E-state index >= 15 is 0 Å². The van der Waals surface area contributed by atoms with Crippen molar-refractivity contribution in [3.05, 3.63) is 47.1 Å². The van der Waals surface area contributed by atoms with E-state index in [-0.39, 0.29) is 12.2 Å². The van der Waals surface area contributed by atoms with Crippen LogP contribution in [0.3, 0.4) is 0 Å². The summed E-state index contributed by atoms with van der Waals surface area (Å²) in [5, 5.41) is 21.2. The molecule has 0 radical (unpaired) electrons. The SMILES string of the molecule is O=C(O)C=C(C(=O)O)c1nc[nH]c1CNc1ncccc1Cl. The minimum absolute atomic E-state index is 0.0365. The fourth-order valence-corrected chi connectivity index (χ4v) is 1.92. The van der Waals surface area contributed by atoms with Crippen LogP contribution in [-0.2, 0) is 16.1 Å². The lowest BCUT2D eigenvalue weighted by Crippen LogP contribution is -2.09. The van der Waals surface area contributed by atoms with E-state index in [9.17, 15) is 9.59 Å². The first kappa shape index (κ1) is 15.5. The molecule has 0 aromatic carbocycles. The third-order valence-electron chi connectivity index (χ3n) is 2.66. The summed E-state index contributed by atoms with van der Waals surface area (Å²) in [5.74, 6) is -2.33. The molecule has 4 N–H and O–H groups in total. The van der Waals surface area contributed by atoms with Crippen LogP contribution in [0.1, 0.15) is 11.4 Å². The van der Waals surface area contributed by atoms with Crippen molar-refractivity contribution >= 4 is 34.9 Å². The second kappa shape index (κ2) is 6.72. The minimum Gasteiger partial charge on any atom is -0.478 e. The van der Waals surface area contributed by atoms with Gasteiger partial charge in [-0.3, -0.25) is 0 Å². The first-order valence-electron chi connectivity index (χ1n) is 6.04. The van der Waals surface area contributed by atoms with Gasteiger partial charge in [-0.15, -0.1) is 0 Å². The van der Waals surface area contributed by atoms with Crippen LogP contribution in [0.25, 0.3) is 5.57 Å². The lowest BCUT2D eigenvalue weighted by atomic mass is 10.1. The molecule has 0 aliphatic rings. The Kier molecular flexibility index (Phi) is 4.74. The molecule has 0 saturated carbocycles. The number of hydrogen-bond donors (Lipinski definition) is 4. The maximum Gasteiger partial charge on any atom is 0.338 e. The van der Waals surface area contributed by atoms with E-state index in [1.54, 1.807) is 18.3 Å². The molecule has 2 aromatic heterocycles. The molecule has 0 unspecified atom stereocenters. The molecule has 22 heavy (non-hydrogen) atoms. The van der Waals surface area contributed by atoms with Crippen molar-refractivity contribution < 1.29 is 19.8 Å². The standard InChI is InChI=1S/C13H11ClN4O4/c14-8-2-1-3-15-12(8)16-5-9-11(18-6-17-9)7(13(21)22)4-10(19)20/h1-4,6H,5H2,(H,15,16)(H,17,18)(H,19,20)(H,21,22). The molecule has 9 heteroatoms. The fourth-order valence-electron chi connectivity index (χ4n) is 1.73. The highest BCUT2D eigenvalue weighted by atomic mass is 35.5. The Morgan fingerprint density at radius 3 is 2.77 bits per heavy atom. The highest BCUT2D eigenvalue weighted by molar-refractivity contribution is 6.32. The molecule has 2 rings (SSSR count). The summed E-state index contributed by atoms with van der Waals surface area (Å²) in [4.78, 5) is 32.6. The molecule has 0 aliphatic heterocycles. The lowest BCUT2D eigenvalue weighted by molar-refractivity contribution is -0.133.